The Labute approximate surface area is 130 Å². The summed E-state index contributed by atoms with van der Waals surface area (Å²) in [7, 11) is 0. The van der Waals surface area contributed by atoms with Crippen LogP contribution in [0.5, 0.6) is 0 Å². The molecule has 2 rings (SSSR count). The minimum absolute atomic E-state index is 0. The van der Waals surface area contributed by atoms with Crippen LogP contribution in [0, 0.1) is 0 Å². The number of rotatable bonds is 0. The minimum Gasteiger partial charge on any atom is -1.00 e. The van der Waals surface area contributed by atoms with Crippen molar-refractivity contribution in [1.29, 1.82) is 0 Å². The van der Waals surface area contributed by atoms with Gasteiger partial charge in [-0.3, -0.25) is 0 Å². The Hall–Kier alpha value is -0.0969. The SMILES string of the molecule is C=CC.[Cl-].[Cl-].[Zr+4].c1cc[cH-]c1.c1cc[cH-]c1. The van der Waals surface area contributed by atoms with Gasteiger partial charge < -0.3 is 24.8 Å². The molecule has 0 bridgehead atoms. The molecule has 16 heavy (non-hydrogen) atoms. The van der Waals surface area contributed by atoms with Crippen molar-refractivity contribution in [2.24, 2.45) is 0 Å². The van der Waals surface area contributed by atoms with Gasteiger partial charge in [-0.25, -0.2) is 24.3 Å². The third-order valence-electron chi connectivity index (χ3n) is 1.11. The van der Waals surface area contributed by atoms with Crippen molar-refractivity contribution in [2.75, 3.05) is 0 Å². The molecule has 0 aliphatic carbocycles. The molecule has 0 unspecified atom stereocenters. The van der Waals surface area contributed by atoms with Gasteiger partial charge in [0.15, 0.2) is 0 Å². The van der Waals surface area contributed by atoms with Gasteiger partial charge in [0.05, 0.1) is 0 Å². The van der Waals surface area contributed by atoms with E-state index in [1.165, 1.54) is 0 Å². The van der Waals surface area contributed by atoms with Gasteiger partial charge in [0, 0.05) is 0 Å². The second-order valence-electron chi connectivity index (χ2n) is 2.33. The number of hydrogen-bond acceptors (Lipinski definition) is 0. The first-order valence-corrected chi connectivity index (χ1v) is 4.32. The van der Waals surface area contributed by atoms with E-state index in [2.05, 4.69) is 6.58 Å². The molecular formula is C13H16Cl2Zr. The average Bonchev–Trinajstić information content (AvgIpc) is 2.85. The van der Waals surface area contributed by atoms with Crippen molar-refractivity contribution in [1.82, 2.24) is 0 Å². The number of halogens is 2. The van der Waals surface area contributed by atoms with Crippen LogP contribution in [-0.4, -0.2) is 0 Å². The monoisotopic (exact) mass is 332 g/mol. The summed E-state index contributed by atoms with van der Waals surface area (Å²) < 4.78 is 0. The van der Waals surface area contributed by atoms with Crippen LogP contribution < -0.4 is 24.8 Å². The Morgan fingerprint density at radius 2 is 1.00 bits per heavy atom. The molecule has 0 saturated heterocycles. The molecule has 0 aliphatic heterocycles. The number of allylic oxidation sites excluding steroid dienone is 1. The van der Waals surface area contributed by atoms with Crippen LogP contribution in [0.1, 0.15) is 6.92 Å². The third kappa shape index (κ3) is 23.6. The van der Waals surface area contributed by atoms with E-state index < -0.39 is 0 Å². The third-order valence-corrected chi connectivity index (χ3v) is 1.11. The molecule has 2 aromatic carbocycles. The summed E-state index contributed by atoms with van der Waals surface area (Å²) in [6.07, 6.45) is 1.75. The second kappa shape index (κ2) is 24.2. The molecule has 0 aromatic heterocycles. The Morgan fingerprint density at radius 3 is 1.06 bits per heavy atom. The van der Waals surface area contributed by atoms with Crippen LogP contribution in [0.15, 0.2) is 73.3 Å². The minimum atomic E-state index is 0. The summed E-state index contributed by atoms with van der Waals surface area (Å²) in [5.74, 6) is 0. The molecule has 0 amide bonds. The summed E-state index contributed by atoms with van der Waals surface area (Å²) in [5.41, 5.74) is 0. The van der Waals surface area contributed by atoms with E-state index in [-0.39, 0.29) is 51.0 Å². The summed E-state index contributed by atoms with van der Waals surface area (Å²) in [4.78, 5) is 0. The Kier molecular flexibility index (Phi) is 37.8. The van der Waals surface area contributed by atoms with Gasteiger partial charge in [-0.1, -0.05) is 6.08 Å². The fourth-order valence-corrected chi connectivity index (χ4v) is 0.642. The van der Waals surface area contributed by atoms with Gasteiger partial charge in [-0.05, 0) is 6.92 Å². The van der Waals surface area contributed by atoms with Crippen molar-refractivity contribution in [3.63, 3.8) is 0 Å². The smallest absolute Gasteiger partial charge is 1.00 e. The fraction of sp³-hybridized carbons (Fsp3) is 0.0769. The van der Waals surface area contributed by atoms with Crippen molar-refractivity contribution in [3.8, 4) is 0 Å². The van der Waals surface area contributed by atoms with Crippen molar-refractivity contribution in [2.45, 2.75) is 6.92 Å². The molecule has 0 aliphatic rings. The molecule has 0 nitrogen and oxygen atoms in total. The maximum atomic E-state index is 3.36. The first kappa shape index (κ1) is 24.9. The average molecular weight is 334 g/mol. The summed E-state index contributed by atoms with van der Waals surface area (Å²) in [6.45, 7) is 5.25. The van der Waals surface area contributed by atoms with E-state index in [0.717, 1.165) is 0 Å². The van der Waals surface area contributed by atoms with Crippen molar-refractivity contribution in [3.05, 3.63) is 73.3 Å². The zero-order chi connectivity index (χ0) is 9.78. The zero-order valence-electron chi connectivity index (χ0n) is 9.31. The molecule has 0 N–H and O–H groups in total. The van der Waals surface area contributed by atoms with Crippen LogP contribution in [0.3, 0.4) is 0 Å². The molecule has 0 heterocycles. The van der Waals surface area contributed by atoms with Crippen LogP contribution in [0.25, 0.3) is 0 Å². The van der Waals surface area contributed by atoms with Crippen molar-refractivity contribution >= 4 is 0 Å². The molecule has 0 fully saturated rings. The molecule has 0 spiro atoms. The largest absolute Gasteiger partial charge is 4.00 e. The van der Waals surface area contributed by atoms with Crippen LogP contribution >= 0.6 is 0 Å². The van der Waals surface area contributed by atoms with Gasteiger partial charge in [0.25, 0.3) is 0 Å². The first-order chi connectivity index (χ1) is 6.41. The van der Waals surface area contributed by atoms with Gasteiger partial charge in [-0.15, -0.1) is 6.58 Å². The molecule has 2 aromatic rings. The molecule has 3 heteroatoms. The molecule has 0 radical (unpaired) electrons. The Morgan fingerprint density at radius 1 is 0.812 bits per heavy atom. The Balaban J connectivity index is -0.0000000638. The quantitative estimate of drug-likeness (QED) is 0.387. The summed E-state index contributed by atoms with van der Waals surface area (Å²) >= 11 is 0. The first-order valence-electron chi connectivity index (χ1n) is 4.32. The predicted octanol–water partition coefficient (Wildman–Crippen LogP) is -1.99. The van der Waals surface area contributed by atoms with Gasteiger partial charge >= 0.3 is 26.2 Å². The van der Waals surface area contributed by atoms with E-state index >= 15 is 0 Å². The van der Waals surface area contributed by atoms with Crippen LogP contribution in [0.2, 0.25) is 0 Å². The summed E-state index contributed by atoms with van der Waals surface area (Å²) in [6, 6.07) is 20.0. The second-order valence-corrected chi connectivity index (χ2v) is 2.33. The maximum absolute atomic E-state index is 3.36. The van der Waals surface area contributed by atoms with Crippen molar-refractivity contribution < 1.29 is 51.0 Å². The Bertz CT molecular complexity index is 189. The molecule has 0 saturated carbocycles. The normalized spacial score (nSPS) is 5.81. The fourth-order valence-electron chi connectivity index (χ4n) is 0.642. The maximum Gasteiger partial charge on any atom is 4.00 e. The van der Waals surface area contributed by atoms with Crippen LogP contribution in [0.4, 0.5) is 0 Å². The molecule has 86 valence electrons. The van der Waals surface area contributed by atoms with E-state index in [0.29, 0.717) is 0 Å². The molecule has 0 atom stereocenters. The van der Waals surface area contributed by atoms with E-state index in [1.54, 1.807) is 6.08 Å². The van der Waals surface area contributed by atoms with Gasteiger partial charge in [0.2, 0.25) is 0 Å². The predicted molar refractivity (Wildman–Crippen MR) is 59.9 cm³/mol. The van der Waals surface area contributed by atoms with Crippen LogP contribution in [-0.2, 0) is 26.2 Å². The zero-order valence-corrected chi connectivity index (χ0v) is 13.3. The van der Waals surface area contributed by atoms with Gasteiger partial charge in [-0.2, -0.15) is 36.4 Å². The standard InChI is InChI=1S/2C5H5.C3H6.2ClH.Zr/c2*1-2-4-5-3-1;1-3-2;;;/h2*1-5H;3H,1H2,2H3;2*1H;/q2*-1;;;;+4/p-2. The van der Waals surface area contributed by atoms with Gasteiger partial charge in [0.1, 0.15) is 0 Å². The summed E-state index contributed by atoms with van der Waals surface area (Å²) in [5, 5.41) is 0. The molecular weight excluding hydrogens is 318 g/mol. The topological polar surface area (TPSA) is 0 Å². The van der Waals surface area contributed by atoms with E-state index in [9.17, 15) is 0 Å². The number of hydrogen-bond donors (Lipinski definition) is 0. The van der Waals surface area contributed by atoms with E-state index in [1.807, 2.05) is 67.6 Å². The van der Waals surface area contributed by atoms with E-state index in [4.69, 9.17) is 0 Å².